The summed E-state index contributed by atoms with van der Waals surface area (Å²) in [4.78, 5) is 4.77. The van der Waals surface area contributed by atoms with Crippen molar-refractivity contribution in [2.45, 2.75) is 45.1 Å². The van der Waals surface area contributed by atoms with Gasteiger partial charge < -0.3 is 4.90 Å². The van der Waals surface area contributed by atoms with Gasteiger partial charge in [-0.25, -0.2) is 0 Å². The number of unbranched alkanes of at least 4 members (excludes halogenated alkanes) is 2. The molecule has 0 spiro atoms. The first-order valence-electron chi connectivity index (χ1n) is 6.57. The summed E-state index contributed by atoms with van der Waals surface area (Å²) in [6.07, 6.45) is 6.50. The highest BCUT2D eigenvalue weighted by Gasteiger charge is 2.22. The highest BCUT2D eigenvalue weighted by molar-refractivity contribution is 4.84. The van der Waals surface area contributed by atoms with E-state index in [1.54, 1.807) is 0 Å². The summed E-state index contributed by atoms with van der Waals surface area (Å²) >= 11 is 0. The number of nitriles is 1. The third-order valence-electron chi connectivity index (χ3n) is 3.50. The third kappa shape index (κ3) is 4.51. The number of likely N-dealkylation sites (N-methyl/N-ethyl adjacent to an activating group) is 1. The van der Waals surface area contributed by atoms with Crippen LogP contribution in [0.25, 0.3) is 0 Å². The van der Waals surface area contributed by atoms with Gasteiger partial charge in [-0.05, 0) is 39.4 Å². The van der Waals surface area contributed by atoms with Crippen LogP contribution in [0.3, 0.4) is 0 Å². The third-order valence-corrected chi connectivity index (χ3v) is 3.50. The average molecular weight is 223 g/mol. The van der Waals surface area contributed by atoms with Crippen molar-refractivity contribution in [1.82, 2.24) is 9.80 Å². The molecule has 0 bridgehead atoms. The quantitative estimate of drug-likeness (QED) is 0.510. The Morgan fingerprint density at radius 3 is 2.94 bits per heavy atom. The lowest BCUT2D eigenvalue weighted by Gasteiger charge is -2.36. The summed E-state index contributed by atoms with van der Waals surface area (Å²) in [5.74, 6) is 0. The fourth-order valence-electron chi connectivity index (χ4n) is 2.42. The van der Waals surface area contributed by atoms with Gasteiger partial charge in [0.05, 0.1) is 12.6 Å². The Labute approximate surface area is 100 Å². The number of likely N-dealkylation sites (tertiary alicyclic amines) is 1. The molecule has 1 rings (SSSR count). The smallest absolute Gasteiger partial charge is 0.0866 e. The molecule has 1 atom stereocenters. The fraction of sp³-hybridized carbons (Fsp3) is 0.923. The minimum Gasteiger partial charge on any atom is -0.302 e. The van der Waals surface area contributed by atoms with Crippen molar-refractivity contribution in [2.24, 2.45) is 0 Å². The maximum atomic E-state index is 8.70. The van der Waals surface area contributed by atoms with Crippen molar-refractivity contribution < 1.29 is 0 Å². The SMILES string of the molecule is CCCCCN1CCCC(N(C)CC#N)C1. The van der Waals surface area contributed by atoms with E-state index >= 15 is 0 Å². The van der Waals surface area contributed by atoms with E-state index in [-0.39, 0.29) is 0 Å². The Hall–Kier alpha value is -0.590. The van der Waals surface area contributed by atoms with Gasteiger partial charge in [-0.2, -0.15) is 5.26 Å². The monoisotopic (exact) mass is 223 g/mol. The van der Waals surface area contributed by atoms with Gasteiger partial charge in [-0.1, -0.05) is 19.8 Å². The van der Waals surface area contributed by atoms with Gasteiger partial charge in [0, 0.05) is 12.6 Å². The molecule has 0 aliphatic carbocycles. The van der Waals surface area contributed by atoms with Crippen LogP contribution in [0.1, 0.15) is 39.0 Å². The van der Waals surface area contributed by atoms with Crippen LogP contribution in [0.15, 0.2) is 0 Å². The molecule has 0 N–H and O–H groups in total. The van der Waals surface area contributed by atoms with E-state index in [0.717, 1.165) is 6.54 Å². The van der Waals surface area contributed by atoms with Crippen LogP contribution in [-0.2, 0) is 0 Å². The largest absolute Gasteiger partial charge is 0.302 e. The molecule has 1 aliphatic heterocycles. The van der Waals surface area contributed by atoms with Gasteiger partial charge in [-0.15, -0.1) is 0 Å². The van der Waals surface area contributed by atoms with Crippen molar-refractivity contribution >= 4 is 0 Å². The topological polar surface area (TPSA) is 30.3 Å². The van der Waals surface area contributed by atoms with E-state index in [1.807, 2.05) is 0 Å². The summed E-state index contributed by atoms with van der Waals surface area (Å²) < 4.78 is 0. The molecule has 16 heavy (non-hydrogen) atoms. The summed E-state index contributed by atoms with van der Waals surface area (Å²) in [5.41, 5.74) is 0. The molecule has 1 heterocycles. The summed E-state index contributed by atoms with van der Waals surface area (Å²) in [6, 6.07) is 2.83. The first-order valence-corrected chi connectivity index (χ1v) is 6.57. The maximum Gasteiger partial charge on any atom is 0.0866 e. The number of nitrogens with zero attached hydrogens (tertiary/aromatic N) is 3. The Morgan fingerprint density at radius 2 is 2.25 bits per heavy atom. The lowest BCUT2D eigenvalue weighted by Crippen LogP contribution is -2.46. The van der Waals surface area contributed by atoms with Crippen LogP contribution in [0.2, 0.25) is 0 Å². The summed E-state index contributed by atoms with van der Waals surface area (Å²) in [6.45, 7) is 6.46. The zero-order chi connectivity index (χ0) is 11.8. The summed E-state index contributed by atoms with van der Waals surface area (Å²) in [5, 5.41) is 8.70. The zero-order valence-corrected chi connectivity index (χ0v) is 10.8. The molecule has 0 aromatic rings. The Balaban J connectivity index is 2.27. The van der Waals surface area contributed by atoms with E-state index in [0.29, 0.717) is 12.6 Å². The Kier molecular flexibility index (Phi) is 6.44. The number of hydrogen-bond donors (Lipinski definition) is 0. The number of hydrogen-bond acceptors (Lipinski definition) is 3. The van der Waals surface area contributed by atoms with Gasteiger partial charge >= 0.3 is 0 Å². The van der Waals surface area contributed by atoms with Gasteiger partial charge in [0.2, 0.25) is 0 Å². The highest BCUT2D eigenvalue weighted by atomic mass is 15.2. The van der Waals surface area contributed by atoms with Crippen LogP contribution in [0, 0.1) is 11.3 Å². The second-order valence-electron chi connectivity index (χ2n) is 4.88. The predicted octanol–water partition coefficient (Wildman–Crippen LogP) is 2.10. The van der Waals surface area contributed by atoms with Gasteiger partial charge in [0.25, 0.3) is 0 Å². The minimum absolute atomic E-state index is 0.563. The molecular formula is C13H25N3. The molecule has 0 aromatic heterocycles. The number of rotatable bonds is 6. The predicted molar refractivity (Wildman–Crippen MR) is 67.2 cm³/mol. The normalized spacial score (nSPS) is 22.2. The van der Waals surface area contributed by atoms with Gasteiger partial charge in [0.15, 0.2) is 0 Å². The molecule has 1 saturated heterocycles. The second kappa shape index (κ2) is 7.65. The lowest BCUT2D eigenvalue weighted by molar-refractivity contribution is 0.124. The number of piperidine rings is 1. The standard InChI is InChI=1S/C13H25N3/c1-3-4-5-9-16-10-6-7-13(12-16)15(2)11-8-14/h13H,3-7,9-12H2,1-2H3. The average Bonchev–Trinajstić information content (AvgIpc) is 2.30. The van der Waals surface area contributed by atoms with Crippen LogP contribution in [-0.4, -0.2) is 49.1 Å². The van der Waals surface area contributed by atoms with Crippen LogP contribution in [0.4, 0.5) is 0 Å². The van der Waals surface area contributed by atoms with Crippen LogP contribution in [0.5, 0.6) is 0 Å². The first-order chi connectivity index (χ1) is 7.77. The first kappa shape index (κ1) is 13.5. The van der Waals surface area contributed by atoms with Crippen molar-refractivity contribution in [3.63, 3.8) is 0 Å². The molecule has 1 unspecified atom stereocenters. The lowest BCUT2D eigenvalue weighted by atomic mass is 10.0. The maximum absolute atomic E-state index is 8.70. The molecule has 1 aliphatic rings. The molecule has 0 aromatic carbocycles. The molecule has 92 valence electrons. The molecule has 3 nitrogen and oxygen atoms in total. The van der Waals surface area contributed by atoms with Crippen molar-refractivity contribution in [2.75, 3.05) is 33.2 Å². The molecule has 0 amide bonds. The highest BCUT2D eigenvalue weighted by Crippen LogP contribution is 2.15. The molecule has 0 saturated carbocycles. The zero-order valence-electron chi connectivity index (χ0n) is 10.8. The van der Waals surface area contributed by atoms with Gasteiger partial charge in [-0.3, -0.25) is 4.90 Å². The van der Waals surface area contributed by atoms with Gasteiger partial charge in [0.1, 0.15) is 0 Å². The minimum atomic E-state index is 0.563. The van der Waals surface area contributed by atoms with Crippen molar-refractivity contribution in [3.8, 4) is 6.07 Å². The van der Waals surface area contributed by atoms with E-state index in [2.05, 4.69) is 29.8 Å². The Morgan fingerprint density at radius 1 is 1.44 bits per heavy atom. The second-order valence-corrected chi connectivity index (χ2v) is 4.88. The van der Waals surface area contributed by atoms with E-state index in [1.165, 1.54) is 45.2 Å². The van der Waals surface area contributed by atoms with E-state index < -0.39 is 0 Å². The van der Waals surface area contributed by atoms with Crippen LogP contribution >= 0.6 is 0 Å². The molecular weight excluding hydrogens is 198 g/mol. The van der Waals surface area contributed by atoms with E-state index in [4.69, 9.17) is 5.26 Å². The van der Waals surface area contributed by atoms with Crippen molar-refractivity contribution in [3.05, 3.63) is 0 Å². The Bertz CT molecular complexity index is 222. The molecule has 0 radical (unpaired) electrons. The van der Waals surface area contributed by atoms with Crippen LogP contribution < -0.4 is 0 Å². The molecule has 3 heteroatoms. The summed E-state index contributed by atoms with van der Waals surface area (Å²) in [7, 11) is 2.07. The fourth-order valence-corrected chi connectivity index (χ4v) is 2.42. The van der Waals surface area contributed by atoms with E-state index in [9.17, 15) is 0 Å². The molecule has 1 fully saturated rings. The van der Waals surface area contributed by atoms with Crippen molar-refractivity contribution in [1.29, 1.82) is 5.26 Å².